The summed E-state index contributed by atoms with van der Waals surface area (Å²) in [5, 5.41) is 13.6. The lowest BCUT2D eigenvalue weighted by Crippen LogP contribution is -2.51. The van der Waals surface area contributed by atoms with Crippen molar-refractivity contribution in [1.29, 1.82) is 5.26 Å². The molecule has 0 saturated carbocycles. The van der Waals surface area contributed by atoms with E-state index in [1.54, 1.807) is 47.0 Å². The standard InChI is InChI=1S/C25H23BF3N5O/c1-15(2)32-14-21(23-22(26)13-31-34(23)19-9-7-17(12-30)8-10-19)16(3)33(24(32)35)20-6-4-5-18(11-20)25(27,28)29/h4-11,13,15H,14,26H2,1-3H3. The number of nitriles is 1. The van der Waals surface area contributed by atoms with Gasteiger partial charge in [-0.05, 0) is 68.7 Å². The van der Waals surface area contributed by atoms with Gasteiger partial charge in [-0.25, -0.2) is 9.48 Å². The van der Waals surface area contributed by atoms with Crippen LogP contribution in [0.1, 0.15) is 37.6 Å². The Kier molecular flexibility index (Phi) is 6.20. The number of halogens is 3. The van der Waals surface area contributed by atoms with Crippen LogP contribution < -0.4 is 10.4 Å². The van der Waals surface area contributed by atoms with E-state index in [4.69, 9.17) is 5.26 Å². The molecule has 1 aliphatic heterocycles. The van der Waals surface area contributed by atoms with Gasteiger partial charge in [-0.2, -0.15) is 23.5 Å². The van der Waals surface area contributed by atoms with Gasteiger partial charge >= 0.3 is 12.2 Å². The minimum atomic E-state index is -4.53. The Morgan fingerprint density at radius 1 is 1.11 bits per heavy atom. The first-order valence-corrected chi connectivity index (χ1v) is 11.1. The minimum absolute atomic E-state index is 0.146. The molecular formula is C25H23BF3N5O. The highest BCUT2D eigenvalue weighted by Gasteiger charge is 2.37. The Morgan fingerprint density at radius 2 is 1.80 bits per heavy atom. The second kappa shape index (κ2) is 8.98. The summed E-state index contributed by atoms with van der Waals surface area (Å²) in [5.74, 6) is 0. The number of alkyl halides is 3. The lowest BCUT2D eigenvalue weighted by Gasteiger charge is -2.40. The molecular weight excluding hydrogens is 454 g/mol. The monoisotopic (exact) mass is 477 g/mol. The molecule has 0 N–H and O–H groups in total. The number of hydrogen-bond acceptors (Lipinski definition) is 3. The summed E-state index contributed by atoms with van der Waals surface area (Å²) in [6.45, 7) is 5.75. The second-order valence-electron chi connectivity index (χ2n) is 8.70. The van der Waals surface area contributed by atoms with Crippen molar-refractivity contribution < 1.29 is 18.0 Å². The first-order chi connectivity index (χ1) is 16.5. The molecule has 2 heterocycles. The number of rotatable bonds is 4. The topological polar surface area (TPSA) is 65.2 Å². The Morgan fingerprint density at radius 3 is 2.40 bits per heavy atom. The van der Waals surface area contributed by atoms with Crippen LogP contribution in [0.3, 0.4) is 0 Å². The summed E-state index contributed by atoms with van der Waals surface area (Å²) in [4.78, 5) is 16.4. The number of allylic oxidation sites excluding steroid dienone is 1. The van der Waals surface area contributed by atoms with E-state index in [1.165, 1.54) is 17.0 Å². The molecule has 0 spiro atoms. The number of amides is 2. The Hall–Kier alpha value is -4.00. The largest absolute Gasteiger partial charge is 0.416 e. The van der Waals surface area contributed by atoms with Crippen molar-refractivity contribution in [3.8, 4) is 11.8 Å². The molecule has 4 rings (SSSR count). The van der Waals surface area contributed by atoms with Gasteiger partial charge in [-0.3, -0.25) is 4.90 Å². The van der Waals surface area contributed by atoms with E-state index < -0.39 is 11.7 Å². The van der Waals surface area contributed by atoms with E-state index in [9.17, 15) is 18.0 Å². The lowest BCUT2D eigenvalue weighted by atomic mass is 9.91. The van der Waals surface area contributed by atoms with Gasteiger partial charge in [0.15, 0.2) is 0 Å². The Labute approximate surface area is 202 Å². The molecule has 0 unspecified atom stereocenters. The highest BCUT2D eigenvalue weighted by Crippen LogP contribution is 2.36. The number of anilines is 1. The Balaban J connectivity index is 1.91. The number of urea groups is 1. The van der Waals surface area contributed by atoms with E-state index in [1.807, 2.05) is 21.7 Å². The summed E-state index contributed by atoms with van der Waals surface area (Å²) in [6, 6.07) is 13.2. The zero-order chi connectivity index (χ0) is 25.5. The van der Waals surface area contributed by atoms with Crippen LogP contribution in [0.4, 0.5) is 23.7 Å². The number of carbonyl (C=O) groups is 1. The molecule has 2 amide bonds. The first-order valence-electron chi connectivity index (χ1n) is 11.1. The highest BCUT2D eigenvalue weighted by molar-refractivity contribution is 6.34. The second-order valence-corrected chi connectivity index (χ2v) is 8.70. The number of nitrogens with zero attached hydrogens (tertiary/aromatic N) is 5. The molecule has 0 radical (unpaired) electrons. The molecule has 6 nitrogen and oxygen atoms in total. The smallest absolute Gasteiger partial charge is 0.317 e. The maximum atomic E-state index is 13.4. The Bertz CT molecular complexity index is 1350. The van der Waals surface area contributed by atoms with Crippen molar-refractivity contribution in [2.45, 2.75) is 33.0 Å². The van der Waals surface area contributed by atoms with Gasteiger partial charge in [0.1, 0.15) is 7.85 Å². The predicted molar refractivity (Wildman–Crippen MR) is 130 cm³/mol. The minimum Gasteiger partial charge on any atom is -0.317 e. The van der Waals surface area contributed by atoms with E-state index >= 15 is 0 Å². The van der Waals surface area contributed by atoms with Crippen molar-refractivity contribution in [2.75, 3.05) is 11.4 Å². The SMILES string of the molecule is Bc1cnn(-c2ccc(C#N)cc2)c1C1=C(C)N(c2cccc(C(F)(F)F)c2)C(=O)N(C(C)C)C1. The molecule has 35 heavy (non-hydrogen) atoms. The van der Waals surface area contributed by atoms with Crippen LogP contribution in [0.25, 0.3) is 11.3 Å². The summed E-state index contributed by atoms with van der Waals surface area (Å²) in [7, 11) is 1.90. The number of hydrogen-bond donors (Lipinski definition) is 0. The predicted octanol–water partition coefficient (Wildman–Crippen LogP) is 4.10. The third-order valence-electron chi connectivity index (χ3n) is 6.07. The fourth-order valence-electron chi connectivity index (χ4n) is 4.20. The van der Waals surface area contributed by atoms with Crippen LogP contribution >= 0.6 is 0 Å². The molecule has 0 saturated heterocycles. The van der Waals surface area contributed by atoms with Gasteiger partial charge in [0.05, 0.1) is 40.8 Å². The summed E-state index contributed by atoms with van der Waals surface area (Å²) in [6.07, 6.45) is -2.82. The molecule has 1 aromatic heterocycles. The van der Waals surface area contributed by atoms with Crippen molar-refractivity contribution in [3.05, 3.63) is 77.2 Å². The van der Waals surface area contributed by atoms with Gasteiger partial charge < -0.3 is 4.90 Å². The molecule has 1 aliphatic rings. The lowest BCUT2D eigenvalue weighted by molar-refractivity contribution is -0.137. The van der Waals surface area contributed by atoms with E-state index in [0.29, 0.717) is 11.3 Å². The number of benzene rings is 2. The van der Waals surface area contributed by atoms with Crippen LogP contribution in [0.15, 0.2) is 60.4 Å². The normalized spacial score (nSPS) is 14.6. The first kappa shape index (κ1) is 24.1. The van der Waals surface area contributed by atoms with Crippen molar-refractivity contribution in [1.82, 2.24) is 14.7 Å². The van der Waals surface area contributed by atoms with Crippen molar-refractivity contribution in [2.24, 2.45) is 0 Å². The van der Waals surface area contributed by atoms with E-state index in [-0.39, 0.29) is 24.3 Å². The molecule has 2 aromatic carbocycles. The van der Waals surface area contributed by atoms with Gasteiger partial charge in [-0.15, -0.1) is 0 Å². The fraction of sp³-hybridized carbons (Fsp3) is 0.240. The number of aromatic nitrogens is 2. The average molecular weight is 477 g/mol. The zero-order valence-electron chi connectivity index (χ0n) is 19.8. The van der Waals surface area contributed by atoms with E-state index in [0.717, 1.165) is 34.5 Å². The van der Waals surface area contributed by atoms with Crippen LogP contribution in [0.2, 0.25) is 0 Å². The fourth-order valence-corrected chi connectivity index (χ4v) is 4.20. The van der Waals surface area contributed by atoms with Crippen molar-refractivity contribution in [3.63, 3.8) is 0 Å². The van der Waals surface area contributed by atoms with Crippen LogP contribution in [0, 0.1) is 11.3 Å². The van der Waals surface area contributed by atoms with Crippen LogP contribution in [-0.4, -0.2) is 41.1 Å². The third-order valence-corrected chi connectivity index (χ3v) is 6.07. The maximum Gasteiger partial charge on any atom is 0.416 e. The summed E-state index contributed by atoms with van der Waals surface area (Å²) >= 11 is 0. The average Bonchev–Trinajstić information content (AvgIpc) is 3.20. The van der Waals surface area contributed by atoms with Gasteiger partial charge in [-0.1, -0.05) is 6.07 Å². The zero-order valence-corrected chi connectivity index (χ0v) is 19.8. The molecule has 0 bridgehead atoms. The number of carbonyl (C=O) groups excluding carboxylic acids is 1. The van der Waals surface area contributed by atoms with Gasteiger partial charge in [0, 0.05) is 23.5 Å². The van der Waals surface area contributed by atoms with Gasteiger partial charge in [0.25, 0.3) is 0 Å². The highest BCUT2D eigenvalue weighted by atomic mass is 19.4. The van der Waals surface area contributed by atoms with Crippen molar-refractivity contribution >= 4 is 30.6 Å². The maximum absolute atomic E-state index is 13.4. The quantitative estimate of drug-likeness (QED) is 0.532. The molecule has 178 valence electrons. The summed E-state index contributed by atoms with van der Waals surface area (Å²) in [5.41, 5.74) is 3.48. The van der Waals surface area contributed by atoms with Crippen LogP contribution in [-0.2, 0) is 6.18 Å². The van der Waals surface area contributed by atoms with E-state index in [2.05, 4.69) is 11.2 Å². The van der Waals surface area contributed by atoms with Crippen LogP contribution in [0.5, 0.6) is 0 Å². The summed E-state index contributed by atoms with van der Waals surface area (Å²) < 4.78 is 42.0. The molecule has 0 atom stereocenters. The third kappa shape index (κ3) is 4.42. The molecule has 3 aromatic rings. The van der Waals surface area contributed by atoms with Gasteiger partial charge in [0.2, 0.25) is 0 Å². The molecule has 0 aliphatic carbocycles. The molecule has 0 fully saturated rings. The molecule has 10 heteroatoms.